The first-order valence-electron chi connectivity index (χ1n) is 8.83. The molecule has 2 fully saturated rings. The summed E-state index contributed by atoms with van der Waals surface area (Å²) >= 11 is 0. The van der Waals surface area contributed by atoms with Gasteiger partial charge < -0.3 is 9.15 Å². The summed E-state index contributed by atoms with van der Waals surface area (Å²) in [6.07, 6.45) is 7.82. The first-order chi connectivity index (χ1) is 13.0. The minimum Gasteiger partial charge on any atom is -0.476 e. The van der Waals surface area contributed by atoms with Crippen LogP contribution in [0.1, 0.15) is 46.4 Å². The minimum absolute atomic E-state index is 0.0334. The Balaban J connectivity index is 2.10. The number of carbonyl (C=O) groups excluding carboxylic acids is 1. The molecule has 2 heterocycles. The van der Waals surface area contributed by atoms with Crippen molar-refractivity contribution in [1.82, 2.24) is 14.7 Å². The Morgan fingerprint density at radius 3 is 2.54 bits per heavy atom. The molecule has 7 nitrogen and oxygen atoms in total. The Hall–Kier alpha value is -3.08. The van der Waals surface area contributed by atoms with E-state index in [4.69, 9.17) is 15.6 Å². The molecule has 1 saturated carbocycles. The largest absolute Gasteiger partial charge is 0.476 e. The van der Waals surface area contributed by atoms with Gasteiger partial charge in [0.2, 0.25) is 5.89 Å². The fourth-order valence-corrected chi connectivity index (χ4v) is 2.84. The smallest absolute Gasteiger partial charge is 0.442 e. The molecule has 1 aromatic heterocycles. The fourth-order valence-electron chi connectivity index (χ4n) is 2.84. The van der Waals surface area contributed by atoms with E-state index < -0.39 is 22.6 Å². The third-order valence-corrected chi connectivity index (χ3v) is 4.53. The molecule has 1 saturated heterocycles. The standard InChI is InChI=1S/C20H22FN3O4/c1-7-10-23-15(13(3)28-20(8-9-20)17(23)25)11-14(12(2)21)24-18(26)27-16(22-24)19(4,5)6/h1,11H,3,8-10H2,2,4-6H3/b14-12-,15-11+. The van der Waals surface area contributed by atoms with E-state index >= 15 is 0 Å². The number of rotatable bonds is 3. The molecule has 3 rings (SSSR count). The number of carbonyl (C=O) groups is 1. The van der Waals surface area contributed by atoms with E-state index in [2.05, 4.69) is 17.6 Å². The number of halogens is 1. The monoisotopic (exact) mass is 387 g/mol. The van der Waals surface area contributed by atoms with Gasteiger partial charge in [-0.2, -0.15) is 4.68 Å². The van der Waals surface area contributed by atoms with Crippen molar-refractivity contribution in [2.45, 2.75) is 51.6 Å². The lowest BCUT2D eigenvalue weighted by molar-refractivity contribution is -0.145. The average molecular weight is 387 g/mol. The van der Waals surface area contributed by atoms with Gasteiger partial charge >= 0.3 is 5.76 Å². The summed E-state index contributed by atoms with van der Waals surface area (Å²) in [6, 6.07) is 0. The van der Waals surface area contributed by atoms with Crippen molar-refractivity contribution in [2.75, 3.05) is 6.54 Å². The van der Waals surface area contributed by atoms with Crippen molar-refractivity contribution in [3.63, 3.8) is 0 Å². The van der Waals surface area contributed by atoms with Crippen molar-refractivity contribution >= 4 is 11.6 Å². The number of ether oxygens (including phenoxy) is 1. The molecule has 28 heavy (non-hydrogen) atoms. The zero-order chi connectivity index (χ0) is 20.9. The van der Waals surface area contributed by atoms with Crippen LogP contribution in [-0.2, 0) is 14.9 Å². The predicted octanol–water partition coefficient (Wildman–Crippen LogP) is 2.71. The molecular formula is C20H22FN3O4. The van der Waals surface area contributed by atoms with Crippen molar-refractivity contribution in [3.8, 4) is 12.3 Å². The molecule has 2 aliphatic rings. The molecule has 0 aromatic carbocycles. The maximum absolute atomic E-state index is 14.4. The summed E-state index contributed by atoms with van der Waals surface area (Å²) in [7, 11) is 0. The number of morpholine rings is 1. The normalized spacial score (nSPS) is 20.9. The second-order valence-corrected chi connectivity index (χ2v) is 7.90. The number of amides is 1. The van der Waals surface area contributed by atoms with Gasteiger partial charge in [-0.15, -0.1) is 11.5 Å². The number of allylic oxidation sites excluding steroid dienone is 3. The van der Waals surface area contributed by atoms with Crippen LogP contribution in [0.25, 0.3) is 5.70 Å². The van der Waals surface area contributed by atoms with Gasteiger partial charge in [0.1, 0.15) is 17.3 Å². The van der Waals surface area contributed by atoms with Crippen molar-refractivity contribution in [3.05, 3.63) is 46.4 Å². The Bertz CT molecular complexity index is 1010. The second-order valence-electron chi connectivity index (χ2n) is 7.90. The summed E-state index contributed by atoms with van der Waals surface area (Å²) in [5.41, 5.74) is -1.48. The van der Waals surface area contributed by atoms with E-state index in [-0.39, 0.29) is 35.5 Å². The summed E-state index contributed by atoms with van der Waals surface area (Å²) < 4.78 is 26.0. The third kappa shape index (κ3) is 3.28. The maximum atomic E-state index is 14.4. The van der Waals surface area contributed by atoms with Gasteiger partial charge in [-0.05, 0) is 13.0 Å². The van der Waals surface area contributed by atoms with Crippen LogP contribution >= 0.6 is 0 Å². The molecule has 0 bridgehead atoms. The highest BCUT2D eigenvalue weighted by Crippen LogP contribution is 2.48. The van der Waals surface area contributed by atoms with Crippen LogP contribution in [0.3, 0.4) is 0 Å². The molecule has 1 aliphatic carbocycles. The van der Waals surface area contributed by atoms with Gasteiger partial charge in [0.05, 0.1) is 12.2 Å². The predicted molar refractivity (Wildman–Crippen MR) is 100 cm³/mol. The van der Waals surface area contributed by atoms with Crippen LogP contribution < -0.4 is 5.76 Å². The first kappa shape index (κ1) is 19.7. The van der Waals surface area contributed by atoms with Gasteiger partial charge in [-0.3, -0.25) is 9.69 Å². The highest BCUT2D eigenvalue weighted by Gasteiger charge is 2.58. The number of aromatic nitrogens is 2. The quantitative estimate of drug-likeness (QED) is 0.746. The lowest BCUT2D eigenvalue weighted by Crippen LogP contribution is -2.47. The topological polar surface area (TPSA) is 77.6 Å². The fraction of sp³-hybridized carbons (Fsp3) is 0.450. The van der Waals surface area contributed by atoms with Crippen LogP contribution in [0.2, 0.25) is 0 Å². The highest BCUT2D eigenvalue weighted by atomic mass is 19.1. The van der Waals surface area contributed by atoms with Crippen LogP contribution in [-0.4, -0.2) is 32.7 Å². The Kier molecular flexibility index (Phi) is 4.58. The van der Waals surface area contributed by atoms with E-state index in [1.807, 2.05) is 20.8 Å². The summed E-state index contributed by atoms with van der Waals surface area (Å²) in [6.45, 7) is 10.4. The molecule has 1 spiro atoms. The van der Waals surface area contributed by atoms with Gasteiger partial charge in [0.15, 0.2) is 5.60 Å². The van der Waals surface area contributed by atoms with E-state index in [1.54, 1.807) is 0 Å². The zero-order valence-electron chi connectivity index (χ0n) is 16.3. The number of hydrogen-bond donors (Lipinski definition) is 0. The molecule has 1 amide bonds. The molecule has 0 radical (unpaired) electrons. The zero-order valence-corrected chi connectivity index (χ0v) is 16.3. The van der Waals surface area contributed by atoms with E-state index in [0.29, 0.717) is 12.8 Å². The SMILES string of the molecule is C#CCN1C(=O)C2(CC2)OC(=C)/C1=C\C(=C(/C)F)n1nc(C(C)(C)C)oc1=O. The van der Waals surface area contributed by atoms with Gasteiger partial charge in [0, 0.05) is 18.3 Å². The first-order valence-corrected chi connectivity index (χ1v) is 8.83. The van der Waals surface area contributed by atoms with Crippen molar-refractivity contribution in [1.29, 1.82) is 0 Å². The van der Waals surface area contributed by atoms with Crippen molar-refractivity contribution < 1.29 is 18.3 Å². The van der Waals surface area contributed by atoms with Crippen LogP contribution in [0.5, 0.6) is 0 Å². The summed E-state index contributed by atoms with van der Waals surface area (Å²) in [4.78, 5) is 26.4. The van der Waals surface area contributed by atoms with E-state index in [1.165, 1.54) is 17.9 Å². The lowest BCUT2D eigenvalue weighted by Gasteiger charge is -2.35. The van der Waals surface area contributed by atoms with Gasteiger partial charge in [-0.25, -0.2) is 9.18 Å². The van der Waals surface area contributed by atoms with Crippen molar-refractivity contribution in [2.24, 2.45) is 0 Å². The molecule has 1 aliphatic heterocycles. The molecule has 0 N–H and O–H groups in total. The number of terminal acetylenes is 1. The van der Waals surface area contributed by atoms with E-state index in [9.17, 15) is 14.0 Å². The molecular weight excluding hydrogens is 365 g/mol. The minimum atomic E-state index is -0.927. The summed E-state index contributed by atoms with van der Waals surface area (Å²) in [5, 5.41) is 4.10. The number of nitrogens with zero attached hydrogens (tertiary/aromatic N) is 3. The molecule has 8 heteroatoms. The lowest BCUT2D eigenvalue weighted by atomic mass is 9.97. The van der Waals surface area contributed by atoms with E-state index in [0.717, 1.165) is 4.68 Å². The molecule has 148 valence electrons. The van der Waals surface area contributed by atoms with Gasteiger partial charge in [0.25, 0.3) is 5.91 Å². The third-order valence-electron chi connectivity index (χ3n) is 4.53. The Labute approximate surface area is 162 Å². The molecule has 0 unspecified atom stereocenters. The highest BCUT2D eigenvalue weighted by molar-refractivity contribution is 5.92. The van der Waals surface area contributed by atoms with Crippen LogP contribution in [0.4, 0.5) is 4.39 Å². The Morgan fingerprint density at radius 2 is 2.07 bits per heavy atom. The molecule has 1 aromatic rings. The summed E-state index contributed by atoms with van der Waals surface area (Å²) in [5.74, 6) is 0.906. The van der Waals surface area contributed by atoms with Crippen LogP contribution in [0.15, 0.2) is 39.1 Å². The Morgan fingerprint density at radius 1 is 1.43 bits per heavy atom. The number of hydrogen-bond acceptors (Lipinski definition) is 5. The average Bonchev–Trinajstić information content (AvgIpc) is 3.25. The second kappa shape index (κ2) is 6.51. The van der Waals surface area contributed by atoms with Gasteiger partial charge in [-0.1, -0.05) is 33.3 Å². The molecule has 0 atom stereocenters. The van der Waals surface area contributed by atoms with Crippen LogP contribution in [0, 0.1) is 12.3 Å². The maximum Gasteiger partial charge on any atom is 0.442 e.